The number of carbonyl (C=O) groups is 1. The van der Waals surface area contributed by atoms with E-state index in [1.165, 1.54) is 29.2 Å². The van der Waals surface area contributed by atoms with Crippen molar-refractivity contribution in [2.75, 3.05) is 0 Å². The number of phenolic OH excluding ortho intramolecular Hbond substituents is 1. The number of hydrogen-bond acceptors (Lipinski definition) is 4. The first-order valence-corrected chi connectivity index (χ1v) is 4.84. The Morgan fingerprint density at radius 1 is 1.29 bits per heavy atom. The fraction of sp³-hybridized carbons (Fsp3) is 0.0909. The molecule has 0 bridgehead atoms. The third kappa shape index (κ3) is 2.97. The number of hydrogen-bond donors (Lipinski definition) is 2. The molecule has 1 heterocycles. The highest BCUT2D eigenvalue weighted by Gasteiger charge is 2.04. The maximum absolute atomic E-state index is 10.4. The van der Waals surface area contributed by atoms with E-state index in [1.807, 2.05) is 0 Å². The van der Waals surface area contributed by atoms with Gasteiger partial charge in [0.25, 0.3) is 0 Å². The number of ether oxygens (including phenoxy) is 1. The molecule has 0 fully saturated rings. The van der Waals surface area contributed by atoms with Crippen LogP contribution in [0.5, 0.6) is 17.2 Å². The highest BCUT2D eigenvalue weighted by Crippen LogP contribution is 2.22. The predicted molar refractivity (Wildman–Crippen MR) is 58.0 cm³/mol. The van der Waals surface area contributed by atoms with E-state index in [1.54, 1.807) is 12.1 Å². The molecule has 0 radical (unpaired) electrons. The van der Waals surface area contributed by atoms with Gasteiger partial charge < -0.3 is 14.9 Å². The second-order valence-electron chi connectivity index (χ2n) is 3.36. The van der Waals surface area contributed by atoms with Crippen LogP contribution in [-0.2, 0) is 11.3 Å². The van der Waals surface area contributed by atoms with Crippen LogP contribution in [0.4, 0.5) is 0 Å². The Hall–Kier alpha value is -2.50. The van der Waals surface area contributed by atoms with Crippen molar-refractivity contribution < 1.29 is 19.7 Å². The second kappa shape index (κ2) is 4.56. The Kier molecular flexibility index (Phi) is 2.95. The first kappa shape index (κ1) is 11.0. The van der Waals surface area contributed by atoms with Gasteiger partial charge in [0.05, 0.1) is 12.4 Å². The molecule has 6 nitrogen and oxygen atoms in total. The smallest absolute Gasteiger partial charge is 0.325 e. The monoisotopic (exact) mass is 234 g/mol. The van der Waals surface area contributed by atoms with E-state index < -0.39 is 5.97 Å². The van der Waals surface area contributed by atoms with Crippen molar-refractivity contribution in [3.63, 3.8) is 0 Å². The highest BCUT2D eigenvalue weighted by molar-refractivity contribution is 5.66. The summed E-state index contributed by atoms with van der Waals surface area (Å²) >= 11 is 0. The van der Waals surface area contributed by atoms with Crippen molar-refractivity contribution in [3.8, 4) is 17.2 Å². The molecule has 0 atom stereocenters. The summed E-state index contributed by atoms with van der Waals surface area (Å²) in [4.78, 5) is 10.4. The summed E-state index contributed by atoms with van der Waals surface area (Å²) < 4.78 is 6.67. The number of aliphatic carboxylic acids is 1. The maximum atomic E-state index is 10.4. The van der Waals surface area contributed by atoms with Gasteiger partial charge >= 0.3 is 5.97 Å². The van der Waals surface area contributed by atoms with E-state index in [9.17, 15) is 4.79 Å². The van der Waals surface area contributed by atoms with Gasteiger partial charge in [-0.15, -0.1) is 0 Å². The van der Waals surface area contributed by atoms with Gasteiger partial charge in [0.1, 0.15) is 18.0 Å². The van der Waals surface area contributed by atoms with Gasteiger partial charge in [-0.3, -0.25) is 9.48 Å². The lowest BCUT2D eigenvalue weighted by atomic mass is 10.3. The van der Waals surface area contributed by atoms with E-state index in [-0.39, 0.29) is 12.3 Å². The molecular formula is C11H10N2O4. The summed E-state index contributed by atoms with van der Waals surface area (Å²) in [6.07, 6.45) is 2.91. The molecule has 0 saturated heterocycles. The number of carboxylic acid groups (broad SMARTS) is 1. The summed E-state index contributed by atoms with van der Waals surface area (Å²) in [5.41, 5.74) is 0. The van der Waals surface area contributed by atoms with Crippen molar-refractivity contribution >= 4 is 5.97 Å². The highest BCUT2D eigenvalue weighted by atomic mass is 16.5. The van der Waals surface area contributed by atoms with Crippen molar-refractivity contribution in [2.45, 2.75) is 6.54 Å². The van der Waals surface area contributed by atoms with E-state index in [4.69, 9.17) is 14.9 Å². The van der Waals surface area contributed by atoms with Crippen LogP contribution in [0.1, 0.15) is 0 Å². The van der Waals surface area contributed by atoms with Gasteiger partial charge in [-0.05, 0) is 24.3 Å². The molecule has 1 aromatic carbocycles. The molecular weight excluding hydrogens is 224 g/mol. The molecule has 0 saturated carbocycles. The zero-order valence-electron chi connectivity index (χ0n) is 8.78. The molecule has 2 rings (SSSR count). The van der Waals surface area contributed by atoms with Gasteiger partial charge in [0.2, 0.25) is 0 Å². The van der Waals surface area contributed by atoms with E-state index in [0.29, 0.717) is 11.5 Å². The van der Waals surface area contributed by atoms with Crippen molar-refractivity contribution in [1.29, 1.82) is 0 Å². The van der Waals surface area contributed by atoms with Crippen molar-refractivity contribution in [3.05, 3.63) is 36.7 Å². The maximum Gasteiger partial charge on any atom is 0.325 e. The summed E-state index contributed by atoms with van der Waals surface area (Å²) in [5, 5.41) is 21.5. The zero-order chi connectivity index (χ0) is 12.3. The van der Waals surface area contributed by atoms with Crippen LogP contribution in [0, 0.1) is 0 Å². The number of aromatic nitrogens is 2. The minimum Gasteiger partial charge on any atom is -0.508 e. The van der Waals surface area contributed by atoms with Crippen LogP contribution in [0.25, 0.3) is 0 Å². The molecule has 2 N–H and O–H groups in total. The Balaban J connectivity index is 2.06. The number of rotatable bonds is 4. The summed E-state index contributed by atoms with van der Waals surface area (Å²) in [6.45, 7) is -0.209. The SMILES string of the molecule is O=C(O)Cn1cc(Oc2ccc(O)cc2)cn1. The fourth-order valence-electron chi connectivity index (χ4n) is 1.27. The van der Waals surface area contributed by atoms with Crippen LogP contribution >= 0.6 is 0 Å². The minimum atomic E-state index is -0.968. The summed E-state index contributed by atoms with van der Waals surface area (Å²) in [6, 6.07) is 6.20. The number of phenols is 1. The van der Waals surface area contributed by atoms with E-state index in [2.05, 4.69) is 5.10 Å². The van der Waals surface area contributed by atoms with Gasteiger partial charge in [-0.1, -0.05) is 0 Å². The van der Waals surface area contributed by atoms with Crippen LogP contribution < -0.4 is 4.74 Å². The number of benzene rings is 1. The molecule has 17 heavy (non-hydrogen) atoms. The Morgan fingerprint density at radius 2 is 2.00 bits per heavy atom. The fourth-order valence-corrected chi connectivity index (χ4v) is 1.27. The van der Waals surface area contributed by atoms with E-state index >= 15 is 0 Å². The number of carboxylic acids is 1. The second-order valence-corrected chi connectivity index (χ2v) is 3.36. The normalized spacial score (nSPS) is 10.1. The van der Waals surface area contributed by atoms with Crippen molar-refractivity contribution in [1.82, 2.24) is 9.78 Å². The standard InChI is InChI=1S/C11H10N2O4/c14-8-1-3-9(4-2-8)17-10-5-12-13(6-10)7-11(15)16/h1-6,14H,7H2,(H,15,16). The summed E-state index contributed by atoms with van der Waals surface area (Å²) in [5.74, 6) is 0.165. The lowest BCUT2D eigenvalue weighted by Gasteiger charge is -2.01. The molecule has 2 aromatic rings. The average Bonchev–Trinajstić information content (AvgIpc) is 2.68. The Bertz CT molecular complexity index is 519. The Morgan fingerprint density at radius 3 is 2.65 bits per heavy atom. The quantitative estimate of drug-likeness (QED) is 0.836. The van der Waals surface area contributed by atoms with Crippen LogP contribution in [0.2, 0.25) is 0 Å². The van der Waals surface area contributed by atoms with Gasteiger partial charge in [-0.2, -0.15) is 5.10 Å². The topological polar surface area (TPSA) is 84.6 Å². The molecule has 0 spiro atoms. The Labute approximate surface area is 96.7 Å². The van der Waals surface area contributed by atoms with Crippen LogP contribution in [0.15, 0.2) is 36.7 Å². The molecule has 6 heteroatoms. The lowest BCUT2D eigenvalue weighted by Crippen LogP contribution is -2.08. The van der Waals surface area contributed by atoms with Crippen LogP contribution in [0.3, 0.4) is 0 Å². The van der Waals surface area contributed by atoms with Crippen molar-refractivity contribution in [2.24, 2.45) is 0 Å². The lowest BCUT2D eigenvalue weighted by molar-refractivity contribution is -0.137. The first-order chi connectivity index (χ1) is 8.13. The van der Waals surface area contributed by atoms with Gasteiger partial charge in [-0.25, -0.2) is 0 Å². The zero-order valence-corrected chi connectivity index (χ0v) is 8.78. The molecule has 0 aliphatic heterocycles. The molecule has 1 aromatic heterocycles. The van der Waals surface area contributed by atoms with Gasteiger partial charge in [0, 0.05) is 0 Å². The molecule has 0 aliphatic carbocycles. The summed E-state index contributed by atoms with van der Waals surface area (Å²) in [7, 11) is 0. The van der Waals surface area contributed by atoms with E-state index in [0.717, 1.165) is 0 Å². The first-order valence-electron chi connectivity index (χ1n) is 4.84. The number of nitrogens with zero attached hydrogens (tertiary/aromatic N) is 2. The molecule has 0 amide bonds. The molecule has 88 valence electrons. The molecule has 0 unspecified atom stereocenters. The third-order valence-corrected chi connectivity index (χ3v) is 1.98. The minimum absolute atomic E-state index is 0.152. The average molecular weight is 234 g/mol. The third-order valence-electron chi connectivity index (χ3n) is 1.98. The number of aromatic hydroxyl groups is 1. The van der Waals surface area contributed by atoms with Crippen LogP contribution in [-0.4, -0.2) is 26.0 Å². The van der Waals surface area contributed by atoms with Gasteiger partial charge in [0.15, 0.2) is 5.75 Å². The largest absolute Gasteiger partial charge is 0.508 e. The molecule has 0 aliphatic rings. The predicted octanol–water partition coefficient (Wildman–Crippen LogP) is 1.47.